The molecule has 0 amide bonds. The molecule has 0 aliphatic rings. The Morgan fingerprint density at radius 2 is 1.43 bits per heavy atom. The highest BCUT2D eigenvalue weighted by molar-refractivity contribution is 5.59. The molecule has 0 rings (SSSR count). The van der Waals surface area contributed by atoms with Crippen LogP contribution in [0.4, 0.5) is 0 Å². The van der Waals surface area contributed by atoms with Gasteiger partial charge in [-0.05, 0) is 5.41 Å². The van der Waals surface area contributed by atoms with Crippen molar-refractivity contribution in [2.45, 2.75) is 28.2 Å². The van der Waals surface area contributed by atoms with Gasteiger partial charge >= 0.3 is 0 Å². The largest absolute Gasteiger partial charge is 0.313 e. The van der Waals surface area contributed by atoms with E-state index in [2.05, 4.69) is 0 Å². The predicted molar refractivity (Wildman–Crippen MR) is 35.0 cm³/mol. The first-order valence-electron chi connectivity index (χ1n) is 2.08. The lowest BCUT2D eigenvalue weighted by atomic mass is 10.00. The van der Waals surface area contributed by atoms with Crippen molar-refractivity contribution in [2.24, 2.45) is 5.41 Å². The van der Waals surface area contributed by atoms with Gasteiger partial charge in [0.15, 0.2) is 0 Å². The third kappa shape index (κ3) is 10.7. The minimum Gasteiger partial charge on any atom is -0.313 e. The molecule has 0 saturated heterocycles. The molecule has 0 aromatic rings. The van der Waals surface area contributed by atoms with Gasteiger partial charge in [0, 0.05) is 6.21 Å². The molecule has 0 spiro atoms. The number of hydrogen-bond donors (Lipinski definition) is 1. The molecule has 0 aromatic heterocycles. The standard InChI is InChI=1S/C5H11N.CH4/c1-5(2,3)4-6;/h4,6H,1-3H3;1H4. The zero-order valence-corrected chi connectivity index (χ0v) is 4.58. The van der Waals surface area contributed by atoms with Gasteiger partial charge in [0.25, 0.3) is 0 Å². The van der Waals surface area contributed by atoms with Gasteiger partial charge in [-0.3, -0.25) is 0 Å². The molecule has 0 aliphatic carbocycles. The average molecular weight is 101 g/mol. The minimum atomic E-state index is 0. The molecule has 0 saturated carbocycles. The Balaban J connectivity index is 0. The molecule has 0 aromatic carbocycles. The summed E-state index contributed by atoms with van der Waals surface area (Å²) < 4.78 is 0. The van der Waals surface area contributed by atoms with Crippen molar-refractivity contribution in [3.05, 3.63) is 0 Å². The first-order valence-corrected chi connectivity index (χ1v) is 2.08. The fourth-order valence-electron chi connectivity index (χ4n) is 0. The van der Waals surface area contributed by atoms with Gasteiger partial charge in [0.2, 0.25) is 0 Å². The second kappa shape index (κ2) is 2.78. The second-order valence-corrected chi connectivity index (χ2v) is 2.51. The maximum absolute atomic E-state index is 6.73. The molecule has 0 heterocycles. The highest BCUT2D eigenvalue weighted by atomic mass is 14.4. The third-order valence-electron chi connectivity index (χ3n) is 0.433. The van der Waals surface area contributed by atoms with E-state index in [4.69, 9.17) is 5.41 Å². The molecule has 0 unspecified atom stereocenters. The van der Waals surface area contributed by atoms with Crippen molar-refractivity contribution >= 4 is 6.21 Å². The fourth-order valence-corrected chi connectivity index (χ4v) is 0. The van der Waals surface area contributed by atoms with Crippen molar-refractivity contribution in [3.8, 4) is 0 Å². The molecule has 7 heavy (non-hydrogen) atoms. The summed E-state index contributed by atoms with van der Waals surface area (Å²) in [7, 11) is 0. The maximum atomic E-state index is 6.73. The zero-order valence-electron chi connectivity index (χ0n) is 4.58. The summed E-state index contributed by atoms with van der Waals surface area (Å²) in [5.74, 6) is 0. The van der Waals surface area contributed by atoms with Crippen LogP contribution >= 0.6 is 0 Å². The van der Waals surface area contributed by atoms with Crippen LogP contribution in [0.2, 0.25) is 0 Å². The summed E-state index contributed by atoms with van der Waals surface area (Å²) in [5, 5.41) is 6.73. The summed E-state index contributed by atoms with van der Waals surface area (Å²) in [6, 6.07) is 0. The summed E-state index contributed by atoms with van der Waals surface area (Å²) in [6.45, 7) is 6.00. The van der Waals surface area contributed by atoms with E-state index in [9.17, 15) is 0 Å². The van der Waals surface area contributed by atoms with Crippen LogP contribution in [-0.2, 0) is 0 Å². The van der Waals surface area contributed by atoms with Crippen molar-refractivity contribution in [1.29, 1.82) is 5.41 Å². The Hall–Kier alpha value is -0.330. The van der Waals surface area contributed by atoms with Crippen molar-refractivity contribution < 1.29 is 0 Å². The topological polar surface area (TPSA) is 23.9 Å². The highest BCUT2D eigenvalue weighted by Crippen LogP contribution is 2.05. The van der Waals surface area contributed by atoms with Crippen molar-refractivity contribution in [2.75, 3.05) is 0 Å². The molecule has 0 bridgehead atoms. The summed E-state index contributed by atoms with van der Waals surface area (Å²) in [5.41, 5.74) is 0.0833. The maximum Gasteiger partial charge on any atom is 0.000591 e. The molecular formula is C6H15N. The van der Waals surface area contributed by atoms with Crippen LogP contribution in [0.3, 0.4) is 0 Å². The van der Waals surface area contributed by atoms with E-state index < -0.39 is 0 Å². The SMILES string of the molecule is C.CC(C)(C)C=N. The number of nitrogens with one attached hydrogen (secondary N) is 1. The number of rotatable bonds is 0. The highest BCUT2D eigenvalue weighted by Gasteiger charge is 2.01. The van der Waals surface area contributed by atoms with Crippen LogP contribution in [0.1, 0.15) is 28.2 Å². The smallest absolute Gasteiger partial charge is 0.000591 e. The molecule has 1 nitrogen and oxygen atoms in total. The minimum absolute atomic E-state index is 0. The Morgan fingerprint density at radius 1 is 1.29 bits per heavy atom. The monoisotopic (exact) mass is 101 g/mol. The van der Waals surface area contributed by atoms with Gasteiger partial charge in [-0.25, -0.2) is 0 Å². The van der Waals surface area contributed by atoms with E-state index in [-0.39, 0.29) is 12.8 Å². The van der Waals surface area contributed by atoms with Gasteiger partial charge in [-0.2, -0.15) is 0 Å². The van der Waals surface area contributed by atoms with Crippen LogP contribution in [0.25, 0.3) is 0 Å². The van der Waals surface area contributed by atoms with E-state index in [0.29, 0.717) is 0 Å². The lowest BCUT2D eigenvalue weighted by molar-refractivity contribution is 0.604. The van der Waals surface area contributed by atoms with E-state index >= 15 is 0 Å². The van der Waals surface area contributed by atoms with Crippen LogP contribution in [0.5, 0.6) is 0 Å². The summed E-state index contributed by atoms with van der Waals surface area (Å²) >= 11 is 0. The molecule has 0 aliphatic heterocycles. The quantitative estimate of drug-likeness (QED) is 0.453. The lowest BCUT2D eigenvalue weighted by Crippen LogP contribution is -2.03. The molecule has 0 atom stereocenters. The Morgan fingerprint density at radius 3 is 1.43 bits per heavy atom. The Kier molecular flexibility index (Phi) is 3.90. The van der Waals surface area contributed by atoms with Crippen LogP contribution in [0.15, 0.2) is 0 Å². The third-order valence-corrected chi connectivity index (χ3v) is 0.433. The molecule has 1 N–H and O–H groups in total. The average Bonchev–Trinajstić information content (AvgIpc) is 1.35. The van der Waals surface area contributed by atoms with Crippen LogP contribution < -0.4 is 0 Å². The molecule has 1 heteroatoms. The summed E-state index contributed by atoms with van der Waals surface area (Å²) in [4.78, 5) is 0. The zero-order chi connectivity index (χ0) is 5.21. The molecule has 0 radical (unpaired) electrons. The Labute approximate surface area is 46.3 Å². The van der Waals surface area contributed by atoms with Crippen LogP contribution in [-0.4, -0.2) is 6.21 Å². The van der Waals surface area contributed by atoms with Gasteiger partial charge in [-0.15, -0.1) is 0 Å². The normalized spacial score (nSPS) is 9.57. The lowest BCUT2D eigenvalue weighted by Gasteiger charge is -2.06. The van der Waals surface area contributed by atoms with Gasteiger partial charge in [-0.1, -0.05) is 28.2 Å². The Bertz CT molecular complexity index is 49.7. The van der Waals surface area contributed by atoms with E-state index in [1.165, 1.54) is 6.21 Å². The summed E-state index contributed by atoms with van der Waals surface area (Å²) in [6.07, 6.45) is 1.44. The van der Waals surface area contributed by atoms with Crippen molar-refractivity contribution in [1.82, 2.24) is 0 Å². The molecule has 0 fully saturated rings. The van der Waals surface area contributed by atoms with Gasteiger partial charge in [0.05, 0.1) is 0 Å². The van der Waals surface area contributed by atoms with Gasteiger partial charge < -0.3 is 5.41 Å². The van der Waals surface area contributed by atoms with E-state index in [0.717, 1.165) is 0 Å². The predicted octanol–water partition coefficient (Wildman–Crippen LogP) is 2.32. The van der Waals surface area contributed by atoms with Crippen molar-refractivity contribution in [3.63, 3.8) is 0 Å². The first kappa shape index (κ1) is 9.83. The first-order chi connectivity index (χ1) is 2.56. The molecular weight excluding hydrogens is 86.1 g/mol. The molecule has 44 valence electrons. The van der Waals surface area contributed by atoms with Crippen LogP contribution in [0, 0.1) is 10.8 Å². The number of hydrogen-bond acceptors (Lipinski definition) is 1. The van der Waals surface area contributed by atoms with E-state index in [1.54, 1.807) is 0 Å². The van der Waals surface area contributed by atoms with E-state index in [1.807, 2.05) is 20.8 Å². The van der Waals surface area contributed by atoms with Gasteiger partial charge in [0.1, 0.15) is 0 Å². The second-order valence-electron chi connectivity index (χ2n) is 2.51. The fraction of sp³-hybridized carbons (Fsp3) is 0.833.